The Morgan fingerprint density at radius 3 is 2.09 bits per heavy atom. The van der Waals surface area contributed by atoms with Gasteiger partial charge >= 0.3 is 0 Å². The molecule has 0 aliphatic heterocycles. The van der Waals surface area contributed by atoms with E-state index in [1.54, 1.807) is 0 Å². The lowest BCUT2D eigenvalue weighted by Crippen LogP contribution is -2.07. The van der Waals surface area contributed by atoms with Crippen LogP contribution in [-0.4, -0.2) is 0 Å². The minimum Gasteiger partial charge on any atom is -0.0797 e. The molecule has 0 nitrogen and oxygen atoms in total. The Bertz CT molecular complexity index is 138. The van der Waals surface area contributed by atoms with Gasteiger partial charge in [0.05, 0.1) is 0 Å². The molecule has 0 bridgehead atoms. The van der Waals surface area contributed by atoms with E-state index in [4.69, 9.17) is 0 Å². The van der Waals surface area contributed by atoms with Crippen molar-refractivity contribution in [1.29, 1.82) is 0 Å². The van der Waals surface area contributed by atoms with Gasteiger partial charge in [-0.05, 0) is 24.7 Å². The average molecular weight is 154 g/mol. The first kappa shape index (κ1) is 10.7. The molecule has 0 aliphatic carbocycles. The monoisotopic (exact) mass is 154 g/mol. The number of allylic oxidation sites excluding steroid dienone is 2. The second-order valence-electron chi connectivity index (χ2n) is 4.39. The first-order valence-corrected chi connectivity index (χ1v) is 4.58. The topological polar surface area (TPSA) is 0 Å². The van der Waals surface area contributed by atoms with Crippen molar-refractivity contribution in [3.63, 3.8) is 0 Å². The molecule has 0 heterocycles. The molecule has 0 saturated heterocycles. The molecular formula is C11H22. The van der Waals surface area contributed by atoms with Crippen LogP contribution in [0.25, 0.3) is 0 Å². The molecule has 0 spiro atoms. The van der Waals surface area contributed by atoms with E-state index in [0.717, 1.165) is 0 Å². The summed E-state index contributed by atoms with van der Waals surface area (Å²) >= 11 is 0. The Morgan fingerprint density at radius 2 is 1.82 bits per heavy atom. The molecule has 0 aromatic heterocycles. The summed E-state index contributed by atoms with van der Waals surface area (Å²) < 4.78 is 0. The van der Waals surface area contributed by atoms with Gasteiger partial charge in [-0.25, -0.2) is 0 Å². The van der Waals surface area contributed by atoms with Crippen molar-refractivity contribution in [2.75, 3.05) is 0 Å². The lowest BCUT2D eigenvalue weighted by molar-refractivity contribution is 0.454. The van der Waals surface area contributed by atoms with Gasteiger partial charge in [0.1, 0.15) is 0 Å². The van der Waals surface area contributed by atoms with Crippen molar-refractivity contribution in [2.45, 2.75) is 48.0 Å². The highest BCUT2D eigenvalue weighted by Gasteiger charge is 2.11. The van der Waals surface area contributed by atoms with Crippen LogP contribution in [0, 0.1) is 11.3 Å². The molecule has 0 fully saturated rings. The minimum absolute atomic E-state index is 0.383. The van der Waals surface area contributed by atoms with Gasteiger partial charge in [0.15, 0.2) is 0 Å². The molecule has 66 valence electrons. The van der Waals surface area contributed by atoms with E-state index >= 15 is 0 Å². The van der Waals surface area contributed by atoms with Gasteiger partial charge in [-0.15, -0.1) is 0 Å². The van der Waals surface area contributed by atoms with E-state index in [1.807, 2.05) is 0 Å². The van der Waals surface area contributed by atoms with Crippen LogP contribution in [0.3, 0.4) is 0 Å². The van der Waals surface area contributed by atoms with Crippen LogP contribution in [0.15, 0.2) is 11.6 Å². The zero-order valence-corrected chi connectivity index (χ0v) is 8.86. The fraction of sp³-hybridized carbons (Fsp3) is 0.818. The van der Waals surface area contributed by atoms with Crippen LogP contribution in [0.4, 0.5) is 0 Å². The Hall–Kier alpha value is -0.260. The van der Waals surface area contributed by atoms with Crippen LogP contribution in [0.1, 0.15) is 48.0 Å². The molecule has 0 atom stereocenters. The van der Waals surface area contributed by atoms with Crippen molar-refractivity contribution in [1.82, 2.24) is 0 Å². The highest BCUT2D eigenvalue weighted by Crippen LogP contribution is 2.25. The molecule has 0 saturated carbocycles. The van der Waals surface area contributed by atoms with E-state index in [0.29, 0.717) is 11.3 Å². The highest BCUT2D eigenvalue weighted by molar-refractivity contribution is 5.06. The maximum atomic E-state index is 2.40. The van der Waals surface area contributed by atoms with Gasteiger partial charge in [-0.3, -0.25) is 0 Å². The second kappa shape index (κ2) is 3.94. The predicted octanol–water partition coefficient (Wildman–Crippen LogP) is 4.02. The molecule has 0 aromatic rings. The number of rotatable bonds is 3. The molecule has 0 aromatic carbocycles. The smallest absolute Gasteiger partial charge is 0.0175 e. The SMILES string of the molecule is CCC(C)(C)C=C(C)C(C)C. The summed E-state index contributed by atoms with van der Waals surface area (Å²) in [7, 11) is 0. The van der Waals surface area contributed by atoms with E-state index in [-0.39, 0.29) is 0 Å². The van der Waals surface area contributed by atoms with Gasteiger partial charge in [0.25, 0.3) is 0 Å². The number of hydrogen-bond donors (Lipinski definition) is 0. The number of hydrogen-bond acceptors (Lipinski definition) is 0. The first-order chi connectivity index (χ1) is 4.89. The summed E-state index contributed by atoms with van der Waals surface area (Å²) in [6.07, 6.45) is 3.62. The Morgan fingerprint density at radius 1 is 1.36 bits per heavy atom. The molecule has 0 heteroatoms. The first-order valence-electron chi connectivity index (χ1n) is 4.58. The van der Waals surface area contributed by atoms with Crippen LogP contribution in [-0.2, 0) is 0 Å². The highest BCUT2D eigenvalue weighted by atomic mass is 14.2. The largest absolute Gasteiger partial charge is 0.0797 e. The molecule has 0 aliphatic rings. The fourth-order valence-electron chi connectivity index (χ4n) is 0.885. The fourth-order valence-corrected chi connectivity index (χ4v) is 0.885. The van der Waals surface area contributed by atoms with E-state index in [1.165, 1.54) is 12.0 Å². The van der Waals surface area contributed by atoms with E-state index in [9.17, 15) is 0 Å². The maximum Gasteiger partial charge on any atom is -0.0175 e. The Kier molecular flexibility index (Phi) is 3.85. The summed E-state index contributed by atoms with van der Waals surface area (Å²) in [5.74, 6) is 0.695. The van der Waals surface area contributed by atoms with Crippen molar-refractivity contribution in [3.8, 4) is 0 Å². The summed E-state index contributed by atoms with van der Waals surface area (Å²) in [5.41, 5.74) is 1.89. The van der Waals surface area contributed by atoms with Gasteiger partial charge < -0.3 is 0 Å². The minimum atomic E-state index is 0.383. The summed E-state index contributed by atoms with van der Waals surface area (Å²) in [4.78, 5) is 0. The zero-order chi connectivity index (χ0) is 9.07. The Labute approximate surface area is 71.7 Å². The van der Waals surface area contributed by atoms with Crippen molar-refractivity contribution in [3.05, 3.63) is 11.6 Å². The van der Waals surface area contributed by atoms with Crippen LogP contribution in [0.5, 0.6) is 0 Å². The van der Waals surface area contributed by atoms with Crippen molar-refractivity contribution < 1.29 is 0 Å². The van der Waals surface area contributed by atoms with Crippen LogP contribution < -0.4 is 0 Å². The normalized spacial score (nSPS) is 14.3. The van der Waals surface area contributed by atoms with Gasteiger partial charge in [0, 0.05) is 0 Å². The third-order valence-corrected chi connectivity index (χ3v) is 2.44. The molecule has 0 N–H and O–H groups in total. The standard InChI is InChI=1S/C11H22/c1-7-11(5,6)8-10(4)9(2)3/h8-9H,7H2,1-6H3. The lowest BCUT2D eigenvalue weighted by Gasteiger charge is -2.20. The third kappa shape index (κ3) is 4.23. The predicted molar refractivity (Wildman–Crippen MR) is 52.7 cm³/mol. The summed E-state index contributed by atoms with van der Waals surface area (Å²) in [5, 5.41) is 0. The van der Waals surface area contributed by atoms with Crippen LogP contribution >= 0.6 is 0 Å². The summed E-state index contributed by atoms with van der Waals surface area (Å²) in [6, 6.07) is 0. The third-order valence-electron chi connectivity index (χ3n) is 2.44. The molecule has 0 amide bonds. The zero-order valence-electron chi connectivity index (χ0n) is 8.86. The van der Waals surface area contributed by atoms with Crippen LogP contribution in [0.2, 0.25) is 0 Å². The van der Waals surface area contributed by atoms with Crippen molar-refractivity contribution in [2.24, 2.45) is 11.3 Å². The molecule has 0 rings (SSSR count). The second-order valence-corrected chi connectivity index (χ2v) is 4.39. The van der Waals surface area contributed by atoms with Gasteiger partial charge in [-0.2, -0.15) is 0 Å². The summed E-state index contributed by atoms with van der Waals surface area (Å²) in [6.45, 7) is 13.5. The molecular weight excluding hydrogens is 132 g/mol. The molecule has 0 radical (unpaired) electrons. The average Bonchev–Trinajstić information content (AvgIpc) is 1.87. The Balaban J connectivity index is 4.29. The van der Waals surface area contributed by atoms with Crippen molar-refractivity contribution >= 4 is 0 Å². The quantitative estimate of drug-likeness (QED) is 0.538. The van der Waals surface area contributed by atoms with E-state index < -0.39 is 0 Å². The molecule has 0 unspecified atom stereocenters. The van der Waals surface area contributed by atoms with Gasteiger partial charge in [-0.1, -0.05) is 46.3 Å². The maximum absolute atomic E-state index is 2.40. The lowest BCUT2D eigenvalue weighted by atomic mass is 9.86. The van der Waals surface area contributed by atoms with E-state index in [2.05, 4.69) is 47.6 Å². The molecule has 11 heavy (non-hydrogen) atoms. The van der Waals surface area contributed by atoms with Gasteiger partial charge in [0.2, 0.25) is 0 Å².